The SMILES string of the molecule is CCc1nn2c(C)cc(N3CCCCC3)cc2c1N. The standard InChI is InChI=1S/C15H22N4/c1-3-13-15(16)14-10-12(9-11(2)19(14)17-13)18-7-5-4-6-8-18/h9-10H,3-8,16H2,1-2H3. The molecule has 0 saturated carbocycles. The molecule has 4 nitrogen and oxygen atoms in total. The van der Waals surface area contributed by atoms with Crippen molar-refractivity contribution in [3.63, 3.8) is 0 Å². The molecular formula is C15H22N4. The third-order valence-corrected chi connectivity index (χ3v) is 4.07. The van der Waals surface area contributed by atoms with Gasteiger partial charge < -0.3 is 10.6 Å². The van der Waals surface area contributed by atoms with Crippen molar-refractivity contribution >= 4 is 16.9 Å². The zero-order valence-corrected chi connectivity index (χ0v) is 11.8. The monoisotopic (exact) mass is 258 g/mol. The number of anilines is 2. The number of hydrogen-bond donors (Lipinski definition) is 1. The third-order valence-electron chi connectivity index (χ3n) is 4.07. The second-order valence-corrected chi connectivity index (χ2v) is 5.41. The van der Waals surface area contributed by atoms with Crippen LogP contribution in [0.1, 0.15) is 37.6 Å². The van der Waals surface area contributed by atoms with Crippen molar-refractivity contribution in [2.75, 3.05) is 23.7 Å². The number of nitrogens with two attached hydrogens (primary N) is 1. The molecule has 1 aliphatic heterocycles. The lowest BCUT2D eigenvalue weighted by atomic mass is 10.1. The largest absolute Gasteiger partial charge is 0.395 e. The quantitative estimate of drug-likeness (QED) is 0.901. The number of aryl methyl sites for hydroxylation is 2. The number of fused-ring (bicyclic) bond motifs is 1. The minimum Gasteiger partial charge on any atom is -0.395 e. The van der Waals surface area contributed by atoms with Crippen LogP contribution >= 0.6 is 0 Å². The number of hydrogen-bond acceptors (Lipinski definition) is 3. The molecule has 0 atom stereocenters. The zero-order valence-electron chi connectivity index (χ0n) is 11.8. The van der Waals surface area contributed by atoms with Gasteiger partial charge >= 0.3 is 0 Å². The number of nitrogen functional groups attached to an aromatic ring is 1. The first-order chi connectivity index (χ1) is 9.20. The molecule has 1 fully saturated rings. The van der Waals surface area contributed by atoms with E-state index in [2.05, 4.69) is 36.0 Å². The molecule has 0 amide bonds. The zero-order chi connectivity index (χ0) is 13.4. The van der Waals surface area contributed by atoms with Crippen LogP contribution in [0, 0.1) is 6.92 Å². The van der Waals surface area contributed by atoms with E-state index in [-0.39, 0.29) is 0 Å². The van der Waals surface area contributed by atoms with E-state index in [0.717, 1.165) is 42.1 Å². The second-order valence-electron chi connectivity index (χ2n) is 5.41. The van der Waals surface area contributed by atoms with Crippen LogP contribution in [0.25, 0.3) is 5.52 Å². The summed E-state index contributed by atoms with van der Waals surface area (Å²) < 4.78 is 1.97. The number of piperidine rings is 1. The summed E-state index contributed by atoms with van der Waals surface area (Å²) >= 11 is 0. The fraction of sp³-hybridized carbons (Fsp3) is 0.533. The first-order valence-corrected chi connectivity index (χ1v) is 7.23. The highest BCUT2D eigenvalue weighted by Gasteiger charge is 2.15. The van der Waals surface area contributed by atoms with Crippen LogP contribution in [-0.4, -0.2) is 22.7 Å². The van der Waals surface area contributed by atoms with Gasteiger partial charge in [0.15, 0.2) is 0 Å². The van der Waals surface area contributed by atoms with Gasteiger partial charge in [-0.3, -0.25) is 0 Å². The van der Waals surface area contributed by atoms with Crippen molar-refractivity contribution in [1.29, 1.82) is 0 Å². The Labute approximate surface area is 114 Å². The molecule has 1 saturated heterocycles. The molecule has 0 bridgehead atoms. The summed E-state index contributed by atoms with van der Waals surface area (Å²) in [5, 5.41) is 4.59. The molecule has 0 spiro atoms. The summed E-state index contributed by atoms with van der Waals surface area (Å²) in [6.45, 7) is 6.51. The highest BCUT2D eigenvalue weighted by Crippen LogP contribution is 2.27. The number of aromatic nitrogens is 2. The molecule has 0 aliphatic carbocycles. The number of pyridine rings is 1. The summed E-state index contributed by atoms with van der Waals surface area (Å²) in [5.41, 5.74) is 11.6. The third kappa shape index (κ3) is 2.05. The van der Waals surface area contributed by atoms with Crippen molar-refractivity contribution in [2.24, 2.45) is 0 Å². The molecular weight excluding hydrogens is 236 g/mol. The van der Waals surface area contributed by atoms with E-state index in [0.29, 0.717) is 0 Å². The van der Waals surface area contributed by atoms with Gasteiger partial charge in [-0.1, -0.05) is 6.92 Å². The Morgan fingerprint density at radius 2 is 1.95 bits per heavy atom. The molecule has 102 valence electrons. The summed E-state index contributed by atoms with van der Waals surface area (Å²) in [7, 11) is 0. The predicted molar refractivity (Wildman–Crippen MR) is 79.8 cm³/mol. The fourth-order valence-corrected chi connectivity index (χ4v) is 2.95. The van der Waals surface area contributed by atoms with Gasteiger partial charge in [-0.15, -0.1) is 0 Å². The van der Waals surface area contributed by atoms with Gasteiger partial charge in [0.25, 0.3) is 0 Å². The summed E-state index contributed by atoms with van der Waals surface area (Å²) in [6.07, 6.45) is 4.82. The van der Waals surface area contributed by atoms with E-state index in [9.17, 15) is 0 Å². The molecule has 0 aromatic carbocycles. The Kier molecular flexibility index (Phi) is 3.09. The van der Waals surface area contributed by atoms with Crippen LogP contribution in [0.4, 0.5) is 11.4 Å². The Balaban J connectivity index is 2.09. The fourth-order valence-electron chi connectivity index (χ4n) is 2.95. The maximum atomic E-state index is 6.21. The average molecular weight is 258 g/mol. The first kappa shape index (κ1) is 12.3. The molecule has 3 heterocycles. The van der Waals surface area contributed by atoms with Crippen molar-refractivity contribution in [1.82, 2.24) is 9.61 Å². The topological polar surface area (TPSA) is 46.6 Å². The van der Waals surface area contributed by atoms with Gasteiger partial charge in [0.05, 0.1) is 16.9 Å². The van der Waals surface area contributed by atoms with E-state index in [1.807, 2.05) is 4.52 Å². The highest BCUT2D eigenvalue weighted by molar-refractivity contribution is 5.76. The van der Waals surface area contributed by atoms with Gasteiger partial charge in [0.2, 0.25) is 0 Å². The molecule has 2 aromatic rings. The van der Waals surface area contributed by atoms with Crippen LogP contribution < -0.4 is 10.6 Å². The van der Waals surface area contributed by atoms with E-state index < -0.39 is 0 Å². The van der Waals surface area contributed by atoms with Gasteiger partial charge in [-0.2, -0.15) is 5.10 Å². The van der Waals surface area contributed by atoms with Crippen LogP contribution in [0.15, 0.2) is 12.1 Å². The molecule has 2 N–H and O–H groups in total. The minimum atomic E-state index is 0.837. The smallest absolute Gasteiger partial charge is 0.0918 e. The van der Waals surface area contributed by atoms with Crippen molar-refractivity contribution < 1.29 is 0 Å². The lowest BCUT2D eigenvalue weighted by Gasteiger charge is -2.29. The normalized spacial score (nSPS) is 16.2. The predicted octanol–water partition coefficient (Wildman–Crippen LogP) is 2.78. The van der Waals surface area contributed by atoms with E-state index in [4.69, 9.17) is 5.73 Å². The highest BCUT2D eigenvalue weighted by atomic mass is 15.2. The Morgan fingerprint density at radius 1 is 1.21 bits per heavy atom. The summed E-state index contributed by atoms with van der Waals surface area (Å²) in [5.74, 6) is 0. The van der Waals surface area contributed by atoms with Gasteiger partial charge in [-0.25, -0.2) is 4.52 Å². The molecule has 3 rings (SSSR count). The molecule has 19 heavy (non-hydrogen) atoms. The average Bonchev–Trinajstić information content (AvgIpc) is 2.77. The summed E-state index contributed by atoms with van der Waals surface area (Å²) in [6, 6.07) is 4.42. The maximum Gasteiger partial charge on any atom is 0.0918 e. The van der Waals surface area contributed by atoms with Crippen molar-refractivity contribution in [3.8, 4) is 0 Å². The lowest BCUT2D eigenvalue weighted by molar-refractivity contribution is 0.577. The number of rotatable bonds is 2. The lowest BCUT2D eigenvalue weighted by Crippen LogP contribution is -2.29. The molecule has 2 aromatic heterocycles. The van der Waals surface area contributed by atoms with Crippen LogP contribution in [0.5, 0.6) is 0 Å². The number of nitrogens with zero attached hydrogens (tertiary/aromatic N) is 3. The molecule has 0 unspecified atom stereocenters. The minimum absolute atomic E-state index is 0.837. The van der Waals surface area contributed by atoms with Crippen LogP contribution in [0.3, 0.4) is 0 Å². The van der Waals surface area contributed by atoms with E-state index in [1.54, 1.807) is 0 Å². The van der Waals surface area contributed by atoms with Crippen molar-refractivity contribution in [3.05, 3.63) is 23.5 Å². The van der Waals surface area contributed by atoms with Crippen LogP contribution in [0.2, 0.25) is 0 Å². The molecule has 4 heteroatoms. The second kappa shape index (κ2) is 4.76. The van der Waals surface area contributed by atoms with E-state index in [1.165, 1.54) is 24.9 Å². The summed E-state index contributed by atoms with van der Waals surface area (Å²) in [4.78, 5) is 2.47. The molecule has 0 radical (unpaired) electrons. The van der Waals surface area contributed by atoms with Gasteiger partial charge in [0, 0.05) is 24.5 Å². The first-order valence-electron chi connectivity index (χ1n) is 7.23. The van der Waals surface area contributed by atoms with Gasteiger partial charge in [0.1, 0.15) is 0 Å². The van der Waals surface area contributed by atoms with E-state index >= 15 is 0 Å². The van der Waals surface area contributed by atoms with Crippen molar-refractivity contribution in [2.45, 2.75) is 39.5 Å². The van der Waals surface area contributed by atoms with Gasteiger partial charge in [-0.05, 0) is 44.7 Å². The van der Waals surface area contributed by atoms with Crippen LogP contribution in [-0.2, 0) is 6.42 Å². The maximum absolute atomic E-state index is 6.21. The Bertz CT molecular complexity index is 594. The Morgan fingerprint density at radius 3 is 2.63 bits per heavy atom. The molecule has 1 aliphatic rings. The Hall–Kier alpha value is -1.71.